The molecule has 0 unspecified atom stereocenters. The summed E-state index contributed by atoms with van der Waals surface area (Å²) in [5.74, 6) is 0.161. The lowest BCUT2D eigenvalue weighted by atomic mass is 9.85. The molecule has 2 heterocycles. The zero-order valence-electron chi connectivity index (χ0n) is 12.6. The molecular weight excluding hydrogens is 242 g/mol. The molecule has 0 aromatic heterocycles. The van der Waals surface area contributed by atoms with E-state index < -0.39 is 5.41 Å². The first-order valence-electron chi connectivity index (χ1n) is 7.12. The lowest BCUT2D eigenvalue weighted by Crippen LogP contribution is -2.62. The van der Waals surface area contributed by atoms with Gasteiger partial charge in [0.2, 0.25) is 0 Å². The quantitative estimate of drug-likeness (QED) is 0.765. The highest BCUT2D eigenvalue weighted by Crippen LogP contribution is 2.30. The van der Waals surface area contributed by atoms with Crippen molar-refractivity contribution in [3.8, 4) is 0 Å². The fourth-order valence-corrected chi connectivity index (χ4v) is 2.84. The molecule has 2 fully saturated rings. The van der Waals surface area contributed by atoms with Crippen LogP contribution in [0.15, 0.2) is 0 Å². The average molecular weight is 267 g/mol. The number of urea groups is 1. The molecule has 0 aliphatic carbocycles. The van der Waals surface area contributed by atoms with E-state index in [4.69, 9.17) is 0 Å². The van der Waals surface area contributed by atoms with E-state index in [0.29, 0.717) is 0 Å². The molecule has 0 spiro atoms. The zero-order valence-corrected chi connectivity index (χ0v) is 12.6. The number of ketones is 1. The van der Waals surface area contributed by atoms with E-state index in [1.54, 1.807) is 5.01 Å². The van der Waals surface area contributed by atoms with Crippen LogP contribution in [0.5, 0.6) is 0 Å². The van der Waals surface area contributed by atoms with Crippen molar-refractivity contribution in [2.75, 3.05) is 19.6 Å². The number of rotatable bonds is 2. The van der Waals surface area contributed by atoms with Crippen molar-refractivity contribution < 1.29 is 9.59 Å². The molecule has 2 amide bonds. The van der Waals surface area contributed by atoms with Crippen LogP contribution >= 0.6 is 0 Å². The molecule has 0 bridgehead atoms. The van der Waals surface area contributed by atoms with Gasteiger partial charge in [-0.25, -0.2) is 14.8 Å². The Morgan fingerprint density at radius 1 is 1.21 bits per heavy atom. The molecule has 0 N–H and O–H groups in total. The molecule has 2 aliphatic heterocycles. The standard InChI is InChI=1S/C14H25N3O2/c1-10(2)16-9-8-15-7-6-11(17(15)13(16)19)12(18)14(3,4)5/h10-11H,6-9H2,1-5H3/t11-/m0/s1. The maximum atomic E-state index is 12.5. The van der Waals surface area contributed by atoms with Crippen molar-refractivity contribution >= 4 is 11.8 Å². The molecule has 2 saturated heterocycles. The molecule has 108 valence electrons. The number of amides is 2. The third kappa shape index (κ3) is 2.48. The molecule has 5 heteroatoms. The van der Waals surface area contributed by atoms with Crippen LogP contribution in [-0.4, -0.2) is 58.5 Å². The summed E-state index contributed by atoms with van der Waals surface area (Å²) in [7, 11) is 0. The lowest BCUT2D eigenvalue weighted by molar-refractivity contribution is -0.134. The number of hydrogen-bond donors (Lipinski definition) is 0. The first-order chi connectivity index (χ1) is 8.73. The van der Waals surface area contributed by atoms with Crippen LogP contribution in [0, 0.1) is 5.41 Å². The Labute approximate surface area is 115 Å². The predicted molar refractivity (Wildman–Crippen MR) is 73.5 cm³/mol. The van der Waals surface area contributed by atoms with Gasteiger partial charge in [0.15, 0.2) is 5.78 Å². The Bertz CT molecular complexity index is 387. The van der Waals surface area contributed by atoms with Crippen molar-refractivity contribution in [1.82, 2.24) is 14.9 Å². The normalized spacial score (nSPS) is 25.2. The molecule has 0 aromatic rings. The summed E-state index contributed by atoms with van der Waals surface area (Å²) in [5, 5.41) is 3.74. The number of Topliss-reactive ketones (excluding diaryl/α,β-unsaturated/α-hetero) is 1. The fraction of sp³-hybridized carbons (Fsp3) is 0.857. The van der Waals surface area contributed by atoms with Gasteiger partial charge in [-0.1, -0.05) is 20.8 Å². The maximum absolute atomic E-state index is 12.5. The van der Waals surface area contributed by atoms with Crippen LogP contribution in [0.25, 0.3) is 0 Å². The minimum absolute atomic E-state index is 0.0126. The number of hydrazine groups is 1. The minimum Gasteiger partial charge on any atom is -0.320 e. The van der Waals surface area contributed by atoms with Gasteiger partial charge in [0.05, 0.1) is 0 Å². The Morgan fingerprint density at radius 2 is 1.84 bits per heavy atom. The number of carbonyl (C=O) groups excluding carboxylic acids is 2. The van der Waals surface area contributed by atoms with E-state index in [9.17, 15) is 9.59 Å². The highest BCUT2D eigenvalue weighted by atomic mass is 16.2. The largest absolute Gasteiger partial charge is 0.335 e. The highest BCUT2D eigenvalue weighted by Gasteiger charge is 2.46. The molecule has 2 aliphatic rings. The summed E-state index contributed by atoms with van der Waals surface area (Å²) >= 11 is 0. The molecule has 0 radical (unpaired) electrons. The van der Waals surface area contributed by atoms with E-state index in [0.717, 1.165) is 26.1 Å². The van der Waals surface area contributed by atoms with Crippen molar-refractivity contribution in [1.29, 1.82) is 0 Å². The highest BCUT2D eigenvalue weighted by molar-refractivity contribution is 5.92. The number of carbonyl (C=O) groups is 2. The second-order valence-corrected chi connectivity index (χ2v) is 6.79. The van der Waals surface area contributed by atoms with E-state index in [-0.39, 0.29) is 23.9 Å². The predicted octanol–water partition coefficient (Wildman–Crippen LogP) is 1.74. The summed E-state index contributed by atoms with van der Waals surface area (Å²) in [4.78, 5) is 26.9. The van der Waals surface area contributed by atoms with Crippen molar-refractivity contribution in [3.63, 3.8) is 0 Å². The molecule has 19 heavy (non-hydrogen) atoms. The first-order valence-corrected chi connectivity index (χ1v) is 7.12. The Kier molecular flexibility index (Phi) is 3.60. The Morgan fingerprint density at radius 3 is 2.37 bits per heavy atom. The van der Waals surface area contributed by atoms with Crippen molar-refractivity contribution in [3.05, 3.63) is 0 Å². The molecule has 5 nitrogen and oxygen atoms in total. The molecule has 1 atom stereocenters. The van der Waals surface area contributed by atoms with Gasteiger partial charge in [-0.2, -0.15) is 0 Å². The summed E-state index contributed by atoms with van der Waals surface area (Å²) in [5.41, 5.74) is -0.402. The van der Waals surface area contributed by atoms with Crippen molar-refractivity contribution in [2.45, 2.75) is 53.1 Å². The van der Waals surface area contributed by atoms with Gasteiger partial charge >= 0.3 is 6.03 Å². The molecule has 2 rings (SSSR count). The van der Waals surface area contributed by atoms with Gasteiger partial charge in [-0.3, -0.25) is 4.79 Å². The summed E-state index contributed by atoms with van der Waals surface area (Å²) in [6, 6.07) is -0.115. The van der Waals surface area contributed by atoms with E-state index in [1.165, 1.54) is 0 Å². The number of nitrogens with zero attached hydrogens (tertiary/aromatic N) is 3. The van der Waals surface area contributed by atoms with Gasteiger partial charge < -0.3 is 4.90 Å². The average Bonchev–Trinajstić information content (AvgIpc) is 2.71. The van der Waals surface area contributed by atoms with Crippen LogP contribution in [-0.2, 0) is 4.79 Å². The second kappa shape index (κ2) is 4.78. The van der Waals surface area contributed by atoms with E-state index in [2.05, 4.69) is 0 Å². The van der Waals surface area contributed by atoms with E-state index >= 15 is 0 Å². The zero-order chi connectivity index (χ0) is 14.4. The summed E-state index contributed by atoms with van der Waals surface area (Å²) in [6.07, 6.45) is 0.758. The second-order valence-electron chi connectivity index (χ2n) is 6.79. The number of fused-ring (bicyclic) bond motifs is 1. The molecular formula is C14H25N3O2. The van der Waals surface area contributed by atoms with Gasteiger partial charge in [0.25, 0.3) is 0 Å². The van der Waals surface area contributed by atoms with Gasteiger partial charge in [-0.15, -0.1) is 0 Å². The van der Waals surface area contributed by atoms with Crippen molar-refractivity contribution in [2.24, 2.45) is 5.41 Å². The van der Waals surface area contributed by atoms with Crippen LogP contribution < -0.4 is 0 Å². The third-order valence-corrected chi connectivity index (χ3v) is 3.97. The van der Waals surface area contributed by atoms with Crippen LogP contribution in [0.3, 0.4) is 0 Å². The van der Waals surface area contributed by atoms with E-state index in [1.807, 2.05) is 44.5 Å². The lowest BCUT2D eigenvalue weighted by Gasteiger charge is -2.43. The summed E-state index contributed by atoms with van der Waals surface area (Å²) < 4.78 is 0. The Hall–Kier alpha value is -1.10. The first kappa shape index (κ1) is 14.3. The number of hydrogen-bond acceptors (Lipinski definition) is 3. The van der Waals surface area contributed by atoms with Crippen LogP contribution in [0.2, 0.25) is 0 Å². The van der Waals surface area contributed by atoms with Crippen LogP contribution in [0.1, 0.15) is 41.0 Å². The third-order valence-electron chi connectivity index (χ3n) is 3.97. The maximum Gasteiger partial charge on any atom is 0.335 e. The topological polar surface area (TPSA) is 43.9 Å². The minimum atomic E-state index is -0.402. The Balaban J connectivity index is 2.21. The van der Waals surface area contributed by atoms with Gasteiger partial charge in [0.1, 0.15) is 6.04 Å². The summed E-state index contributed by atoms with van der Waals surface area (Å²) in [6.45, 7) is 12.2. The van der Waals surface area contributed by atoms with Gasteiger partial charge in [-0.05, 0) is 20.3 Å². The molecule has 0 saturated carbocycles. The van der Waals surface area contributed by atoms with Crippen LogP contribution in [0.4, 0.5) is 4.79 Å². The molecule has 0 aromatic carbocycles. The van der Waals surface area contributed by atoms with Gasteiger partial charge in [0, 0.05) is 31.1 Å². The smallest absolute Gasteiger partial charge is 0.320 e. The SMILES string of the molecule is CC(C)N1CCN2CC[C@@H](C(=O)C(C)(C)C)N2C1=O. The fourth-order valence-electron chi connectivity index (χ4n) is 2.84. The monoisotopic (exact) mass is 267 g/mol.